The maximum absolute atomic E-state index is 13.4. The Morgan fingerprint density at radius 1 is 1.23 bits per heavy atom. The summed E-state index contributed by atoms with van der Waals surface area (Å²) < 4.78 is 45.3. The van der Waals surface area contributed by atoms with Crippen molar-refractivity contribution < 1.29 is 27.5 Å². The van der Waals surface area contributed by atoms with Crippen LogP contribution in [0.15, 0.2) is 24.3 Å². The molecule has 3 aliphatic carbocycles. The fourth-order valence-corrected chi connectivity index (χ4v) is 4.33. The van der Waals surface area contributed by atoms with Gasteiger partial charge >= 0.3 is 0 Å². The summed E-state index contributed by atoms with van der Waals surface area (Å²) in [6, 6.07) is 4.96. The molecule has 3 aliphatic rings. The number of alkyl halides is 2. The highest BCUT2D eigenvalue weighted by Crippen LogP contribution is 2.60. The van der Waals surface area contributed by atoms with E-state index in [-0.39, 0.29) is 29.0 Å². The molecule has 11 heteroatoms. The quantitative estimate of drug-likeness (QED) is 0.690. The van der Waals surface area contributed by atoms with Crippen LogP contribution in [0.2, 0.25) is 5.02 Å². The molecule has 3 saturated carbocycles. The predicted octanol–water partition coefficient (Wildman–Crippen LogP) is 2.75. The van der Waals surface area contributed by atoms with Gasteiger partial charge in [0, 0.05) is 24.2 Å². The molecule has 0 aliphatic heterocycles. The van der Waals surface area contributed by atoms with E-state index in [9.17, 15) is 22.8 Å². The molecule has 2 aromatic rings. The lowest BCUT2D eigenvalue weighted by Crippen LogP contribution is -2.84. The van der Waals surface area contributed by atoms with Gasteiger partial charge in [-0.25, -0.2) is 13.2 Å². The topological polar surface area (TPSA) is 85.3 Å². The predicted molar refractivity (Wildman–Crippen MR) is 100.0 cm³/mol. The Morgan fingerprint density at radius 3 is 2.50 bits per heavy atom. The monoisotopic (exact) mass is 442 g/mol. The molecule has 0 radical (unpaired) electrons. The molecule has 3 fully saturated rings. The first kappa shape index (κ1) is 20.5. The number of rotatable bonds is 7. The highest BCUT2D eigenvalue weighted by Gasteiger charge is 2.69. The number of nitrogens with one attached hydrogen (secondary N) is 2. The standard InChI is InChI=1S/C19H18ClF3N4O3/c1-27-14(5-13(26-27)16(22)23)17(29)25-19-7-18(8-19,9-19)24-15(28)6-30-10-2-3-11(20)12(21)4-10/h2-5,16H,6-9H2,1H3,(H,24,28)(H,25,29). The Hall–Kier alpha value is -2.75. The maximum atomic E-state index is 13.4. The molecule has 0 spiro atoms. The van der Waals surface area contributed by atoms with Crippen LogP contribution in [-0.4, -0.2) is 39.3 Å². The van der Waals surface area contributed by atoms with E-state index in [1.807, 2.05) is 0 Å². The van der Waals surface area contributed by atoms with E-state index in [0.717, 1.165) is 16.8 Å². The van der Waals surface area contributed by atoms with Crippen molar-refractivity contribution >= 4 is 23.4 Å². The molecule has 0 saturated heterocycles. The van der Waals surface area contributed by atoms with E-state index >= 15 is 0 Å². The zero-order valence-corrected chi connectivity index (χ0v) is 16.6. The van der Waals surface area contributed by atoms with E-state index in [4.69, 9.17) is 16.3 Å². The van der Waals surface area contributed by atoms with Crippen LogP contribution in [-0.2, 0) is 11.8 Å². The Balaban J connectivity index is 1.26. The largest absolute Gasteiger partial charge is 0.484 e. The van der Waals surface area contributed by atoms with Crippen molar-refractivity contribution in [2.75, 3.05) is 6.61 Å². The van der Waals surface area contributed by atoms with Gasteiger partial charge in [-0.05, 0) is 37.5 Å². The van der Waals surface area contributed by atoms with Crippen molar-refractivity contribution in [2.24, 2.45) is 7.05 Å². The van der Waals surface area contributed by atoms with Crippen molar-refractivity contribution in [1.82, 2.24) is 20.4 Å². The number of aryl methyl sites for hydroxylation is 1. The summed E-state index contributed by atoms with van der Waals surface area (Å²) in [6.07, 6.45) is -1.15. The lowest BCUT2D eigenvalue weighted by atomic mass is 9.44. The van der Waals surface area contributed by atoms with Crippen LogP contribution in [0.1, 0.15) is 41.9 Å². The van der Waals surface area contributed by atoms with Gasteiger partial charge < -0.3 is 15.4 Å². The third-order valence-corrected chi connectivity index (χ3v) is 5.74. The second kappa shape index (κ2) is 7.19. The number of nitrogens with zero attached hydrogens (tertiary/aromatic N) is 2. The van der Waals surface area contributed by atoms with E-state index in [2.05, 4.69) is 15.7 Å². The molecular weight excluding hydrogens is 425 g/mol. The van der Waals surface area contributed by atoms with Gasteiger partial charge in [0.2, 0.25) is 0 Å². The third kappa shape index (κ3) is 3.71. The molecule has 1 aromatic carbocycles. The molecule has 30 heavy (non-hydrogen) atoms. The minimum Gasteiger partial charge on any atom is -0.484 e. The summed E-state index contributed by atoms with van der Waals surface area (Å²) >= 11 is 5.60. The molecule has 2 amide bonds. The molecule has 1 heterocycles. The van der Waals surface area contributed by atoms with E-state index in [1.165, 1.54) is 19.2 Å². The minimum atomic E-state index is -2.75. The van der Waals surface area contributed by atoms with Crippen LogP contribution in [0.4, 0.5) is 13.2 Å². The molecule has 2 N–H and O–H groups in total. The average molecular weight is 443 g/mol. The second-order valence-electron chi connectivity index (χ2n) is 7.84. The molecule has 7 nitrogen and oxygen atoms in total. The number of aromatic nitrogens is 2. The van der Waals surface area contributed by atoms with Gasteiger partial charge in [-0.15, -0.1) is 0 Å². The number of hydrogen-bond donors (Lipinski definition) is 2. The fourth-order valence-electron chi connectivity index (χ4n) is 4.21. The van der Waals surface area contributed by atoms with Gasteiger partial charge in [0.05, 0.1) is 5.02 Å². The molecule has 2 bridgehead atoms. The molecule has 5 rings (SSSR count). The van der Waals surface area contributed by atoms with Crippen LogP contribution >= 0.6 is 11.6 Å². The summed E-state index contributed by atoms with van der Waals surface area (Å²) in [5.74, 6) is -1.30. The van der Waals surface area contributed by atoms with Gasteiger partial charge in [-0.2, -0.15) is 5.10 Å². The number of hydrogen-bond acceptors (Lipinski definition) is 4. The van der Waals surface area contributed by atoms with Gasteiger partial charge in [0.1, 0.15) is 23.0 Å². The minimum absolute atomic E-state index is 0.0374. The van der Waals surface area contributed by atoms with Gasteiger partial charge in [0.15, 0.2) is 6.61 Å². The molecule has 0 atom stereocenters. The number of benzene rings is 1. The summed E-state index contributed by atoms with van der Waals surface area (Å²) in [6.45, 7) is -0.284. The van der Waals surface area contributed by atoms with Crippen molar-refractivity contribution in [2.45, 2.75) is 36.8 Å². The molecular formula is C19H18ClF3N4O3. The van der Waals surface area contributed by atoms with Crippen LogP contribution in [0.5, 0.6) is 5.75 Å². The summed E-state index contributed by atoms with van der Waals surface area (Å²) in [5.41, 5.74) is -1.28. The van der Waals surface area contributed by atoms with Gasteiger partial charge in [-0.1, -0.05) is 11.6 Å². The number of carbonyl (C=O) groups excluding carboxylic acids is 2. The molecule has 1 aromatic heterocycles. The normalized spacial score (nSPS) is 24.1. The average Bonchev–Trinajstić information content (AvgIpc) is 3.02. The van der Waals surface area contributed by atoms with E-state index in [1.54, 1.807) is 0 Å². The smallest absolute Gasteiger partial charge is 0.282 e. The molecule has 160 valence electrons. The lowest BCUT2D eigenvalue weighted by Gasteiger charge is -2.70. The van der Waals surface area contributed by atoms with Gasteiger partial charge in [-0.3, -0.25) is 14.3 Å². The van der Waals surface area contributed by atoms with E-state index < -0.39 is 34.9 Å². The Kier molecular flexibility index (Phi) is 4.92. The van der Waals surface area contributed by atoms with E-state index in [0.29, 0.717) is 19.3 Å². The zero-order chi connectivity index (χ0) is 21.7. The Labute approximate surface area is 174 Å². The summed E-state index contributed by atoms with van der Waals surface area (Å²) in [5, 5.41) is 9.32. The molecule has 0 unspecified atom stereocenters. The Bertz CT molecular complexity index is 1010. The third-order valence-electron chi connectivity index (χ3n) is 5.43. The number of amides is 2. The highest BCUT2D eigenvalue weighted by molar-refractivity contribution is 6.30. The lowest BCUT2D eigenvalue weighted by molar-refractivity contribution is -0.141. The first-order valence-electron chi connectivity index (χ1n) is 9.14. The number of ether oxygens (including phenoxy) is 1. The van der Waals surface area contributed by atoms with Crippen LogP contribution in [0.25, 0.3) is 0 Å². The number of halogens is 4. The fraction of sp³-hybridized carbons (Fsp3) is 0.421. The van der Waals surface area contributed by atoms with Crippen molar-refractivity contribution in [1.29, 1.82) is 0 Å². The highest BCUT2D eigenvalue weighted by atomic mass is 35.5. The first-order chi connectivity index (χ1) is 14.1. The SMILES string of the molecule is Cn1nc(C(F)F)cc1C(=O)NC12CC(NC(=O)COc3ccc(Cl)c(F)c3)(C1)C2. The first-order valence-corrected chi connectivity index (χ1v) is 9.52. The van der Waals surface area contributed by atoms with Crippen LogP contribution in [0, 0.1) is 5.82 Å². The number of carbonyl (C=O) groups is 2. The Morgan fingerprint density at radius 2 is 1.90 bits per heavy atom. The van der Waals surface area contributed by atoms with Gasteiger partial charge in [0.25, 0.3) is 18.2 Å². The van der Waals surface area contributed by atoms with Crippen LogP contribution < -0.4 is 15.4 Å². The van der Waals surface area contributed by atoms with Crippen molar-refractivity contribution in [3.8, 4) is 5.75 Å². The maximum Gasteiger partial charge on any atom is 0.282 e. The second-order valence-corrected chi connectivity index (χ2v) is 8.24. The van der Waals surface area contributed by atoms with Crippen molar-refractivity contribution in [3.05, 3.63) is 46.5 Å². The van der Waals surface area contributed by atoms with Crippen LogP contribution in [0.3, 0.4) is 0 Å². The summed E-state index contributed by atoms with van der Waals surface area (Å²) in [4.78, 5) is 24.5. The summed E-state index contributed by atoms with van der Waals surface area (Å²) in [7, 11) is 1.43. The zero-order valence-electron chi connectivity index (χ0n) is 15.8. The van der Waals surface area contributed by atoms with Crippen molar-refractivity contribution in [3.63, 3.8) is 0 Å².